The smallest absolute Gasteiger partial charge is 0.339 e. The summed E-state index contributed by atoms with van der Waals surface area (Å²) < 4.78 is 16.5. The third-order valence-corrected chi connectivity index (χ3v) is 1.03. The predicted octanol–water partition coefficient (Wildman–Crippen LogP) is 0.957. The summed E-state index contributed by atoms with van der Waals surface area (Å²) in [4.78, 5) is 10.8. The summed E-state index contributed by atoms with van der Waals surface area (Å²) in [5.74, 6) is 0.696. The van der Waals surface area contributed by atoms with E-state index >= 15 is 0 Å². The SMILES string of the molecule is [2H]c1c(OC)cc(C)oc1=O. The van der Waals surface area contributed by atoms with Gasteiger partial charge in [-0.25, -0.2) is 4.79 Å². The van der Waals surface area contributed by atoms with Crippen LogP contribution in [-0.4, -0.2) is 7.11 Å². The monoisotopic (exact) mass is 141 g/mol. The zero-order chi connectivity index (χ0) is 8.43. The first-order valence-corrected chi connectivity index (χ1v) is 2.80. The Bertz CT molecular complexity index is 316. The van der Waals surface area contributed by atoms with E-state index in [4.69, 9.17) is 6.11 Å². The standard InChI is InChI=1S/C7H8O3/c1-5-3-6(9-2)4-7(8)10-5/h3-4H,1-2H3/i4D. The Kier molecular flexibility index (Phi) is 1.41. The second-order valence-electron chi connectivity index (χ2n) is 1.84. The molecule has 0 N–H and O–H groups in total. The van der Waals surface area contributed by atoms with Crippen molar-refractivity contribution in [3.63, 3.8) is 0 Å². The summed E-state index contributed by atoms with van der Waals surface area (Å²) in [7, 11) is 1.41. The van der Waals surface area contributed by atoms with Crippen molar-refractivity contribution in [1.29, 1.82) is 0 Å². The molecule has 0 aliphatic heterocycles. The van der Waals surface area contributed by atoms with Gasteiger partial charge in [-0.05, 0) is 6.92 Å². The summed E-state index contributed by atoms with van der Waals surface area (Å²) in [6.45, 7) is 1.63. The van der Waals surface area contributed by atoms with Crippen LogP contribution in [0.15, 0.2) is 21.3 Å². The van der Waals surface area contributed by atoms with Crippen LogP contribution < -0.4 is 10.4 Å². The maximum Gasteiger partial charge on any atom is 0.339 e. The average Bonchev–Trinajstić information content (AvgIpc) is 1.96. The van der Waals surface area contributed by atoms with Crippen LogP contribution in [0.3, 0.4) is 0 Å². The van der Waals surface area contributed by atoms with Gasteiger partial charge in [-0.15, -0.1) is 0 Å². The van der Waals surface area contributed by atoms with E-state index in [1.807, 2.05) is 0 Å². The van der Waals surface area contributed by atoms with Gasteiger partial charge in [0.2, 0.25) is 0 Å². The second kappa shape index (κ2) is 2.56. The fourth-order valence-corrected chi connectivity index (χ4v) is 0.632. The highest BCUT2D eigenvalue weighted by Crippen LogP contribution is 2.07. The van der Waals surface area contributed by atoms with E-state index in [9.17, 15) is 4.79 Å². The van der Waals surface area contributed by atoms with Gasteiger partial charge < -0.3 is 9.15 Å². The van der Waals surface area contributed by atoms with Crippen LogP contribution >= 0.6 is 0 Å². The first-order valence-electron chi connectivity index (χ1n) is 3.30. The topological polar surface area (TPSA) is 39.4 Å². The van der Waals surface area contributed by atoms with Crippen LogP contribution in [0, 0.1) is 6.92 Å². The number of hydrogen-bond acceptors (Lipinski definition) is 3. The van der Waals surface area contributed by atoms with Gasteiger partial charge in [0.15, 0.2) is 0 Å². The van der Waals surface area contributed by atoms with Crippen LogP contribution in [0.4, 0.5) is 0 Å². The van der Waals surface area contributed by atoms with Crippen molar-refractivity contribution in [2.75, 3.05) is 7.11 Å². The van der Waals surface area contributed by atoms with E-state index in [0.717, 1.165) is 0 Å². The van der Waals surface area contributed by atoms with Crippen molar-refractivity contribution >= 4 is 0 Å². The molecule has 3 heteroatoms. The molecule has 0 bridgehead atoms. The molecule has 0 aliphatic rings. The van der Waals surface area contributed by atoms with E-state index in [1.54, 1.807) is 6.92 Å². The molecule has 1 aromatic heterocycles. The first kappa shape index (κ1) is 5.53. The van der Waals surface area contributed by atoms with E-state index in [0.29, 0.717) is 5.76 Å². The molecule has 1 rings (SSSR count). The van der Waals surface area contributed by atoms with Gasteiger partial charge in [0.1, 0.15) is 11.5 Å². The summed E-state index contributed by atoms with van der Waals surface area (Å²) in [5, 5.41) is 0. The van der Waals surface area contributed by atoms with Crippen molar-refractivity contribution in [2.24, 2.45) is 0 Å². The fraction of sp³-hybridized carbons (Fsp3) is 0.286. The quantitative estimate of drug-likeness (QED) is 0.584. The van der Waals surface area contributed by atoms with Crippen LogP contribution in [0.2, 0.25) is 0 Å². The Hall–Kier alpha value is -1.25. The van der Waals surface area contributed by atoms with Gasteiger partial charge >= 0.3 is 5.63 Å². The minimum atomic E-state index is -0.665. The number of rotatable bonds is 1. The number of ether oxygens (including phenoxy) is 1. The maximum atomic E-state index is 10.8. The minimum absolute atomic E-state index is 0.238. The number of methoxy groups -OCH3 is 1. The van der Waals surface area contributed by atoms with Gasteiger partial charge in [-0.2, -0.15) is 0 Å². The van der Waals surface area contributed by atoms with Gasteiger partial charge in [-0.3, -0.25) is 0 Å². The van der Waals surface area contributed by atoms with Gasteiger partial charge in [0.25, 0.3) is 0 Å². The van der Waals surface area contributed by atoms with E-state index in [2.05, 4.69) is 4.42 Å². The van der Waals surface area contributed by atoms with Gasteiger partial charge in [0, 0.05) is 6.07 Å². The third kappa shape index (κ3) is 1.37. The van der Waals surface area contributed by atoms with E-state index in [-0.39, 0.29) is 11.8 Å². The molecule has 1 heterocycles. The van der Waals surface area contributed by atoms with Crippen LogP contribution in [-0.2, 0) is 0 Å². The van der Waals surface area contributed by atoms with Crippen molar-refractivity contribution in [3.8, 4) is 5.75 Å². The lowest BCUT2D eigenvalue weighted by atomic mass is 10.4. The van der Waals surface area contributed by atoms with E-state index in [1.165, 1.54) is 13.2 Å². The number of aryl methyl sites for hydroxylation is 1. The molecule has 1 aromatic rings. The molecule has 54 valence electrons. The molecule has 0 aromatic carbocycles. The predicted molar refractivity (Wildman–Crippen MR) is 36.3 cm³/mol. The van der Waals surface area contributed by atoms with Crippen LogP contribution in [0.1, 0.15) is 7.13 Å². The minimum Gasteiger partial charge on any atom is -0.496 e. The molecule has 3 nitrogen and oxygen atoms in total. The molecular formula is C7H8O3. The average molecular weight is 141 g/mol. The molecule has 0 saturated carbocycles. The van der Waals surface area contributed by atoms with Crippen LogP contribution in [0.5, 0.6) is 5.75 Å². The highest BCUT2D eigenvalue weighted by atomic mass is 16.5. The Labute approximate surface area is 59.6 Å². The van der Waals surface area contributed by atoms with Gasteiger partial charge in [-0.1, -0.05) is 0 Å². The summed E-state index contributed by atoms with van der Waals surface area (Å²) in [5.41, 5.74) is -0.665. The molecule has 0 unspecified atom stereocenters. The zero-order valence-corrected chi connectivity index (χ0v) is 5.80. The lowest BCUT2D eigenvalue weighted by molar-refractivity contribution is 0.397. The highest BCUT2D eigenvalue weighted by Gasteiger charge is 1.94. The Morgan fingerprint density at radius 3 is 3.10 bits per heavy atom. The van der Waals surface area contributed by atoms with Crippen molar-refractivity contribution in [2.45, 2.75) is 6.92 Å². The Morgan fingerprint density at radius 2 is 2.50 bits per heavy atom. The lowest BCUT2D eigenvalue weighted by Gasteiger charge is -1.96. The fourth-order valence-electron chi connectivity index (χ4n) is 0.632. The number of hydrogen-bond donors (Lipinski definition) is 0. The van der Waals surface area contributed by atoms with E-state index < -0.39 is 5.63 Å². The maximum absolute atomic E-state index is 10.8. The van der Waals surface area contributed by atoms with Crippen molar-refractivity contribution in [3.05, 3.63) is 28.3 Å². The first-order chi connectivity index (χ1) is 5.15. The summed E-state index contributed by atoms with van der Waals surface area (Å²) in [6.07, 6.45) is 0. The van der Waals surface area contributed by atoms with Gasteiger partial charge in [0.05, 0.1) is 14.5 Å². The Balaban J connectivity index is 3.36. The molecule has 10 heavy (non-hydrogen) atoms. The molecule has 0 atom stereocenters. The van der Waals surface area contributed by atoms with Crippen molar-refractivity contribution < 1.29 is 10.5 Å². The van der Waals surface area contributed by atoms with Crippen molar-refractivity contribution in [1.82, 2.24) is 0 Å². The molecule has 0 saturated heterocycles. The lowest BCUT2D eigenvalue weighted by Crippen LogP contribution is -1.98. The molecule has 0 spiro atoms. The molecular weight excluding hydrogens is 132 g/mol. The third-order valence-electron chi connectivity index (χ3n) is 1.03. The summed E-state index contributed by atoms with van der Waals surface area (Å²) in [6, 6.07) is 1.27. The molecule has 0 amide bonds. The Morgan fingerprint density at radius 1 is 1.80 bits per heavy atom. The van der Waals surface area contributed by atoms with Crippen LogP contribution in [0.25, 0.3) is 0 Å². The summed E-state index contributed by atoms with van der Waals surface area (Å²) >= 11 is 0. The molecule has 0 radical (unpaired) electrons. The highest BCUT2D eigenvalue weighted by molar-refractivity contribution is 5.19. The normalized spacial score (nSPS) is 10.8. The molecule has 0 aliphatic carbocycles. The largest absolute Gasteiger partial charge is 0.496 e. The zero-order valence-electron chi connectivity index (χ0n) is 6.80. The second-order valence-corrected chi connectivity index (χ2v) is 1.84. The molecule has 0 fully saturated rings.